The summed E-state index contributed by atoms with van der Waals surface area (Å²) < 4.78 is 17.4. The van der Waals surface area contributed by atoms with Crippen LogP contribution >= 0.6 is 11.8 Å². The molecule has 0 saturated carbocycles. The van der Waals surface area contributed by atoms with Crippen LogP contribution in [0.3, 0.4) is 0 Å². The van der Waals surface area contributed by atoms with E-state index in [9.17, 15) is 15.0 Å². The van der Waals surface area contributed by atoms with Crippen LogP contribution < -0.4 is 0 Å². The molecule has 7 heteroatoms. The number of ether oxygens (including phenoxy) is 3. The van der Waals surface area contributed by atoms with E-state index >= 15 is 0 Å². The Hall–Kier alpha value is -1.90. The molecule has 1 saturated heterocycles. The normalized spacial score (nSPS) is 26.8. The molecule has 2 aromatic rings. The summed E-state index contributed by atoms with van der Waals surface area (Å²) in [6.45, 7) is 3.18. The molecular weight excluding hydrogens is 392 g/mol. The van der Waals surface area contributed by atoms with E-state index in [-0.39, 0.29) is 13.2 Å². The van der Waals surface area contributed by atoms with Crippen LogP contribution in [-0.2, 0) is 25.6 Å². The van der Waals surface area contributed by atoms with Crippen molar-refractivity contribution in [2.24, 2.45) is 0 Å². The molecule has 1 fully saturated rings. The van der Waals surface area contributed by atoms with Gasteiger partial charge in [-0.25, -0.2) is 0 Å². The van der Waals surface area contributed by atoms with Gasteiger partial charge >= 0.3 is 5.97 Å². The molecule has 0 amide bonds. The monoisotopic (exact) mass is 418 g/mol. The minimum atomic E-state index is -1.14. The van der Waals surface area contributed by atoms with Crippen LogP contribution in [0.2, 0.25) is 0 Å². The van der Waals surface area contributed by atoms with Gasteiger partial charge in [0, 0.05) is 11.8 Å². The molecule has 0 aromatic heterocycles. The number of carbonyl (C=O) groups excluding carboxylic acids is 1. The number of rotatable bonds is 7. The van der Waals surface area contributed by atoms with E-state index in [0.717, 1.165) is 16.0 Å². The van der Waals surface area contributed by atoms with Gasteiger partial charge in [0.05, 0.1) is 13.2 Å². The van der Waals surface area contributed by atoms with E-state index in [1.54, 1.807) is 0 Å². The van der Waals surface area contributed by atoms with Gasteiger partial charge < -0.3 is 24.4 Å². The second-order valence-electron chi connectivity index (χ2n) is 6.98. The summed E-state index contributed by atoms with van der Waals surface area (Å²) in [4.78, 5) is 12.7. The lowest BCUT2D eigenvalue weighted by molar-refractivity contribution is -0.232. The Balaban J connectivity index is 1.82. The Morgan fingerprint density at radius 3 is 2.41 bits per heavy atom. The number of aryl methyl sites for hydroxylation is 1. The summed E-state index contributed by atoms with van der Waals surface area (Å²) in [6, 6.07) is 17.4. The number of aliphatic hydroxyl groups is 2. The van der Waals surface area contributed by atoms with Gasteiger partial charge in [0.25, 0.3) is 0 Å². The summed E-state index contributed by atoms with van der Waals surface area (Å²) in [5.74, 6) is -0.490. The summed E-state index contributed by atoms with van der Waals surface area (Å²) in [6.07, 6.45) is -3.65. The van der Waals surface area contributed by atoms with Crippen molar-refractivity contribution in [3.05, 3.63) is 65.7 Å². The van der Waals surface area contributed by atoms with Crippen LogP contribution in [0, 0.1) is 6.92 Å². The van der Waals surface area contributed by atoms with Crippen molar-refractivity contribution in [1.82, 2.24) is 0 Å². The van der Waals surface area contributed by atoms with Crippen molar-refractivity contribution in [2.45, 2.75) is 55.2 Å². The van der Waals surface area contributed by atoms with Crippen molar-refractivity contribution in [3.8, 4) is 0 Å². The largest absolute Gasteiger partial charge is 0.456 e. The van der Waals surface area contributed by atoms with E-state index in [2.05, 4.69) is 0 Å². The Morgan fingerprint density at radius 1 is 1.10 bits per heavy atom. The molecule has 0 aliphatic carbocycles. The number of benzene rings is 2. The number of hydrogen-bond acceptors (Lipinski definition) is 7. The molecule has 1 heterocycles. The van der Waals surface area contributed by atoms with Gasteiger partial charge in [0.2, 0.25) is 0 Å². The van der Waals surface area contributed by atoms with Crippen LogP contribution in [0.4, 0.5) is 0 Å². The van der Waals surface area contributed by atoms with Gasteiger partial charge in [0.15, 0.2) is 6.10 Å². The summed E-state index contributed by atoms with van der Waals surface area (Å²) in [5.41, 5.74) is 1.42. The summed E-state index contributed by atoms with van der Waals surface area (Å²) in [7, 11) is 0. The number of carbonyl (C=O) groups is 1. The third kappa shape index (κ3) is 5.81. The molecule has 1 aliphatic rings. The third-order valence-electron chi connectivity index (χ3n) is 4.66. The lowest BCUT2D eigenvalue weighted by atomic mass is 9.99. The van der Waals surface area contributed by atoms with Crippen LogP contribution in [-0.4, -0.2) is 52.6 Å². The lowest BCUT2D eigenvalue weighted by Crippen LogP contribution is -2.59. The van der Waals surface area contributed by atoms with E-state index in [0.29, 0.717) is 0 Å². The van der Waals surface area contributed by atoms with E-state index in [1.807, 2.05) is 61.5 Å². The van der Waals surface area contributed by atoms with Crippen molar-refractivity contribution >= 4 is 17.7 Å². The van der Waals surface area contributed by atoms with Crippen molar-refractivity contribution < 1.29 is 29.2 Å². The molecule has 0 bridgehead atoms. The van der Waals surface area contributed by atoms with Crippen LogP contribution in [0.15, 0.2) is 59.5 Å². The predicted octanol–water partition coefficient (Wildman–Crippen LogP) is 2.68. The third-order valence-corrected chi connectivity index (χ3v) is 5.81. The zero-order valence-corrected chi connectivity index (χ0v) is 17.2. The van der Waals surface area contributed by atoms with Crippen molar-refractivity contribution in [2.75, 3.05) is 6.61 Å². The second-order valence-corrected chi connectivity index (χ2v) is 8.15. The number of hydrogen-bond donors (Lipinski definition) is 2. The van der Waals surface area contributed by atoms with Crippen LogP contribution in [0.5, 0.6) is 0 Å². The molecule has 3 rings (SSSR count). The first kappa shape index (κ1) is 21.8. The molecule has 0 radical (unpaired) electrons. The Labute approximate surface area is 174 Å². The molecule has 0 spiro atoms. The molecular formula is C22H26O6S. The second kappa shape index (κ2) is 10.2. The zero-order valence-electron chi connectivity index (χ0n) is 16.4. The van der Waals surface area contributed by atoms with Gasteiger partial charge in [-0.15, -0.1) is 0 Å². The minimum absolute atomic E-state index is 0.237. The first-order valence-corrected chi connectivity index (χ1v) is 10.4. The molecule has 156 valence electrons. The summed E-state index contributed by atoms with van der Waals surface area (Å²) in [5, 5.41) is 20.4. The average Bonchev–Trinajstić information content (AvgIpc) is 2.71. The van der Waals surface area contributed by atoms with E-state index in [1.165, 1.54) is 18.7 Å². The average molecular weight is 419 g/mol. The molecule has 5 atom stereocenters. The Morgan fingerprint density at radius 2 is 1.79 bits per heavy atom. The number of aliphatic hydroxyl groups excluding tert-OH is 2. The first-order valence-electron chi connectivity index (χ1n) is 9.48. The maximum Gasteiger partial charge on any atom is 0.303 e. The van der Waals surface area contributed by atoms with Gasteiger partial charge in [-0.2, -0.15) is 0 Å². The van der Waals surface area contributed by atoms with Gasteiger partial charge in [0.1, 0.15) is 23.7 Å². The van der Waals surface area contributed by atoms with E-state index < -0.39 is 35.8 Å². The fourth-order valence-corrected chi connectivity index (χ4v) is 4.27. The van der Waals surface area contributed by atoms with Crippen LogP contribution in [0.1, 0.15) is 18.1 Å². The predicted molar refractivity (Wildman–Crippen MR) is 109 cm³/mol. The van der Waals surface area contributed by atoms with Crippen molar-refractivity contribution in [3.63, 3.8) is 0 Å². The maximum atomic E-state index is 11.8. The quantitative estimate of drug-likeness (QED) is 0.669. The molecule has 2 N–H and O–H groups in total. The topological polar surface area (TPSA) is 85.2 Å². The molecule has 2 aromatic carbocycles. The number of thioether (sulfide) groups is 1. The van der Waals surface area contributed by atoms with Crippen molar-refractivity contribution in [1.29, 1.82) is 0 Å². The van der Waals surface area contributed by atoms with Gasteiger partial charge in [-0.05, 0) is 24.6 Å². The molecule has 1 aliphatic heterocycles. The molecule has 6 nitrogen and oxygen atoms in total. The highest BCUT2D eigenvalue weighted by Gasteiger charge is 2.48. The lowest BCUT2D eigenvalue weighted by Gasteiger charge is -2.43. The fourth-order valence-electron chi connectivity index (χ4n) is 3.16. The zero-order chi connectivity index (χ0) is 20.8. The smallest absolute Gasteiger partial charge is 0.303 e. The fraction of sp³-hybridized carbons (Fsp3) is 0.409. The number of esters is 1. The first-order chi connectivity index (χ1) is 14.0. The molecule has 29 heavy (non-hydrogen) atoms. The van der Waals surface area contributed by atoms with Crippen LogP contribution in [0.25, 0.3) is 0 Å². The van der Waals surface area contributed by atoms with E-state index in [4.69, 9.17) is 14.2 Å². The standard InChI is InChI=1S/C22H26O6S/c1-14-8-10-17(11-9-14)29-22-21(27-15(2)24)20(19(25)18(12-23)28-22)26-13-16-6-4-3-5-7-16/h3-11,18-23,25H,12-13H2,1-2H3/t18-,19+,20+,21-,22+/m1/s1. The Bertz CT molecular complexity index is 782. The SMILES string of the molecule is CC(=O)O[C@@H]1[C@@H](OCc2ccccc2)[C@@H](O)[C@@H](CO)O[C@H]1Sc1ccc(C)cc1. The highest BCUT2D eigenvalue weighted by molar-refractivity contribution is 7.99. The van der Waals surface area contributed by atoms with Gasteiger partial charge in [-0.3, -0.25) is 4.79 Å². The van der Waals surface area contributed by atoms with Gasteiger partial charge in [-0.1, -0.05) is 59.8 Å². The maximum absolute atomic E-state index is 11.8. The minimum Gasteiger partial charge on any atom is -0.456 e. The highest BCUT2D eigenvalue weighted by atomic mass is 32.2. The Kier molecular flexibility index (Phi) is 7.69. The summed E-state index contributed by atoms with van der Waals surface area (Å²) >= 11 is 1.37. The molecule has 0 unspecified atom stereocenters. The highest BCUT2D eigenvalue weighted by Crippen LogP contribution is 2.36.